The lowest BCUT2D eigenvalue weighted by Gasteiger charge is -2.14. The summed E-state index contributed by atoms with van der Waals surface area (Å²) in [6.45, 7) is 0. The predicted molar refractivity (Wildman–Crippen MR) is 65.0 cm³/mol. The summed E-state index contributed by atoms with van der Waals surface area (Å²) < 4.78 is 38.0. The van der Waals surface area contributed by atoms with Crippen molar-refractivity contribution in [1.82, 2.24) is 10.0 Å². The first-order valence-electron chi connectivity index (χ1n) is 5.28. The van der Waals surface area contributed by atoms with E-state index in [2.05, 4.69) is 25.8 Å². The molecule has 1 aromatic heterocycles. The predicted octanol–water partition coefficient (Wildman–Crippen LogP) is 2.82. The molecule has 0 unspecified atom stereocenters. The van der Waals surface area contributed by atoms with Gasteiger partial charge in [-0.2, -0.15) is 13.2 Å². The zero-order valence-corrected chi connectivity index (χ0v) is 11.9. The first kappa shape index (κ1) is 15.9. The van der Waals surface area contributed by atoms with Gasteiger partial charge in [-0.1, -0.05) is 0 Å². The Labute approximate surface area is 116 Å². The van der Waals surface area contributed by atoms with Crippen molar-refractivity contribution >= 4 is 21.8 Å². The van der Waals surface area contributed by atoms with Crippen LogP contribution in [0.1, 0.15) is 17.7 Å². The highest BCUT2D eigenvalue weighted by Gasteiger charge is 2.32. The first-order chi connectivity index (χ1) is 8.75. The molecule has 1 amide bonds. The minimum Gasteiger partial charge on any atom is -0.275 e. The quantitative estimate of drug-likeness (QED) is 0.791. The molecule has 1 rings (SSSR count). The van der Waals surface area contributed by atoms with Gasteiger partial charge in [0.15, 0.2) is 0 Å². The number of rotatable bonds is 4. The fourth-order valence-corrected chi connectivity index (χ4v) is 1.74. The number of hydrogen-bond donors (Lipinski definition) is 0. The van der Waals surface area contributed by atoms with E-state index in [-0.39, 0.29) is 18.7 Å². The molecule has 1 aromatic rings. The van der Waals surface area contributed by atoms with Crippen LogP contribution in [-0.2, 0) is 22.2 Å². The number of alkyl halides is 3. The van der Waals surface area contributed by atoms with Crippen LogP contribution in [0.15, 0.2) is 16.7 Å². The summed E-state index contributed by atoms with van der Waals surface area (Å²) in [5, 5.41) is 1.03. The first-order valence-corrected chi connectivity index (χ1v) is 6.07. The van der Waals surface area contributed by atoms with Gasteiger partial charge < -0.3 is 0 Å². The van der Waals surface area contributed by atoms with Gasteiger partial charge in [0.05, 0.1) is 7.11 Å². The van der Waals surface area contributed by atoms with E-state index >= 15 is 0 Å². The van der Waals surface area contributed by atoms with Gasteiger partial charge >= 0.3 is 6.18 Å². The standard InChI is InChI=1S/C11H12BrF3N2O2/c1-17(19-2)10(18)4-3-7-5-9(11(13,14)15)16-6-8(7)12/h5-6H,3-4H2,1-2H3. The number of hydroxylamine groups is 2. The third kappa shape index (κ3) is 4.46. The zero-order valence-electron chi connectivity index (χ0n) is 10.3. The minimum atomic E-state index is -4.50. The molecule has 0 aliphatic carbocycles. The van der Waals surface area contributed by atoms with Crippen molar-refractivity contribution in [3.63, 3.8) is 0 Å². The van der Waals surface area contributed by atoms with Crippen LogP contribution in [0.5, 0.6) is 0 Å². The normalized spacial score (nSPS) is 11.5. The Balaban J connectivity index is 2.81. The van der Waals surface area contributed by atoms with E-state index in [0.29, 0.717) is 10.0 Å². The molecule has 4 nitrogen and oxygen atoms in total. The Morgan fingerprint density at radius 2 is 2.16 bits per heavy atom. The number of halogens is 4. The molecule has 1 heterocycles. The van der Waals surface area contributed by atoms with Crippen molar-refractivity contribution in [1.29, 1.82) is 0 Å². The van der Waals surface area contributed by atoms with E-state index in [1.165, 1.54) is 14.2 Å². The molecule has 0 bridgehead atoms. The van der Waals surface area contributed by atoms with Crippen LogP contribution in [0.3, 0.4) is 0 Å². The Morgan fingerprint density at radius 3 is 2.68 bits per heavy atom. The molecule has 0 N–H and O–H groups in total. The summed E-state index contributed by atoms with van der Waals surface area (Å²) in [6.07, 6.45) is -3.20. The molecule has 106 valence electrons. The van der Waals surface area contributed by atoms with Gasteiger partial charge in [0.1, 0.15) is 5.69 Å². The molecule has 0 fully saturated rings. The summed E-state index contributed by atoms with van der Waals surface area (Å²) in [7, 11) is 2.77. The number of amides is 1. The number of pyridine rings is 1. The van der Waals surface area contributed by atoms with Crippen LogP contribution in [-0.4, -0.2) is 30.1 Å². The average molecular weight is 341 g/mol. The van der Waals surface area contributed by atoms with Gasteiger partial charge in [-0.05, 0) is 34.0 Å². The van der Waals surface area contributed by atoms with E-state index in [1.807, 2.05) is 0 Å². The molecule has 19 heavy (non-hydrogen) atoms. The molecular formula is C11H12BrF3N2O2. The maximum atomic E-state index is 12.5. The Kier molecular flexibility index (Phi) is 5.30. The monoisotopic (exact) mass is 340 g/mol. The number of nitrogens with zero attached hydrogens (tertiary/aromatic N) is 2. The van der Waals surface area contributed by atoms with E-state index < -0.39 is 11.9 Å². The Bertz CT molecular complexity index is 466. The highest BCUT2D eigenvalue weighted by atomic mass is 79.9. The molecule has 0 saturated heterocycles. The maximum absolute atomic E-state index is 12.5. The van der Waals surface area contributed by atoms with Crippen molar-refractivity contribution in [2.24, 2.45) is 0 Å². The number of aryl methyl sites for hydroxylation is 1. The molecular weight excluding hydrogens is 329 g/mol. The topological polar surface area (TPSA) is 42.4 Å². The third-order valence-corrected chi connectivity index (χ3v) is 3.17. The SMILES string of the molecule is CON(C)C(=O)CCc1cc(C(F)(F)F)ncc1Br. The van der Waals surface area contributed by atoms with E-state index in [4.69, 9.17) is 0 Å². The van der Waals surface area contributed by atoms with Gasteiger partial charge in [0.25, 0.3) is 0 Å². The van der Waals surface area contributed by atoms with Crippen LogP contribution in [0.2, 0.25) is 0 Å². The second-order valence-corrected chi connectivity index (χ2v) is 4.59. The van der Waals surface area contributed by atoms with Gasteiger partial charge in [-0.25, -0.2) is 5.06 Å². The molecule has 0 saturated carbocycles. The van der Waals surface area contributed by atoms with Crippen molar-refractivity contribution in [2.75, 3.05) is 14.2 Å². The van der Waals surface area contributed by atoms with Crippen molar-refractivity contribution in [2.45, 2.75) is 19.0 Å². The van der Waals surface area contributed by atoms with Crippen LogP contribution in [0.4, 0.5) is 13.2 Å². The van der Waals surface area contributed by atoms with Gasteiger partial charge in [-0.15, -0.1) is 0 Å². The fraction of sp³-hybridized carbons (Fsp3) is 0.455. The maximum Gasteiger partial charge on any atom is 0.433 e. The Morgan fingerprint density at radius 1 is 1.53 bits per heavy atom. The number of aromatic nitrogens is 1. The molecule has 0 aromatic carbocycles. The lowest BCUT2D eigenvalue weighted by Crippen LogP contribution is -2.25. The van der Waals surface area contributed by atoms with Crippen molar-refractivity contribution in [3.8, 4) is 0 Å². The minimum absolute atomic E-state index is 0.0459. The largest absolute Gasteiger partial charge is 0.433 e. The summed E-state index contributed by atoms with van der Waals surface area (Å²) in [5.74, 6) is -0.320. The van der Waals surface area contributed by atoms with Gasteiger partial charge in [0, 0.05) is 24.1 Å². The molecule has 0 aliphatic heterocycles. The highest BCUT2D eigenvalue weighted by molar-refractivity contribution is 9.10. The van der Waals surface area contributed by atoms with E-state index in [0.717, 1.165) is 17.3 Å². The molecule has 8 heteroatoms. The third-order valence-electron chi connectivity index (χ3n) is 2.46. The number of carbonyl (C=O) groups excluding carboxylic acids is 1. The van der Waals surface area contributed by atoms with Crippen LogP contribution in [0, 0.1) is 0 Å². The summed E-state index contributed by atoms with van der Waals surface area (Å²) in [6, 6.07) is 0.935. The van der Waals surface area contributed by atoms with E-state index in [1.54, 1.807) is 0 Å². The summed E-state index contributed by atoms with van der Waals surface area (Å²) in [5.41, 5.74) is -0.599. The second-order valence-electron chi connectivity index (χ2n) is 3.73. The summed E-state index contributed by atoms with van der Waals surface area (Å²) >= 11 is 3.12. The zero-order chi connectivity index (χ0) is 14.6. The number of carbonyl (C=O) groups is 1. The van der Waals surface area contributed by atoms with Gasteiger partial charge in [0.2, 0.25) is 5.91 Å². The highest BCUT2D eigenvalue weighted by Crippen LogP contribution is 2.30. The lowest BCUT2D eigenvalue weighted by molar-refractivity contribution is -0.168. The summed E-state index contributed by atoms with van der Waals surface area (Å²) in [4.78, 5) is 19.5. The van der Waals surface area contributed by atoms with Crippen molar-refractivity contribution in [3.05, 3.63) is 28.0 Å². The van der Waals surface area contributed by atoms with Crippen LogP contribution < -0.4 is 0 Å². The molecule has 0 atom stereocenters. The Hall–Kier alpha value is -1.15. The van der Waals surface area contributed by atoms with Gasteiger partial charge in [-0.3, -0.25) is 14.6 Å². The van der Waals surface area contributed by atoms with Crippen LogP contribution in [0.25, 0.3) is 0 Å². The average Bonchev–Trinajstić information content (AvgIpc) is 2.35. The van der Waals surface area contributed by atoms with Crippen molar-refractivity contribution < 1.29 is 22.8 Å². The van der Waals surface area contributed by atoms with Crippen LogP contribution >= 0.6 is 15.9 Å². The van der Waals surface area contributed by atoms with E-state index in [9.17, 15) is 18.0 Å². The molecule has 0 spiro atoms. The lowest BCUT2D eigenvalue weighted by atomic mass is 10.1. The smallest absolute Gasteiger partial charge is 0.275 e. The second kappa shape index (κ2) is 6.33. The fourth-order valence-electron chi connectivity index (χ4n) is 1.33. The number of hydrogen-bond acceptors (Lipinski definition) is 3. The molecule has 0 aliphatic rings. The molecule has 0 radical (unpaired) electrons.